The summed E-state index contributed by atoms with van der Waals surface area (Å²) >= 11 is 1.41. The molecule has 1 atom stereocenters. The van der Waals surface area contributed by atoms with E-state index in [1.165, 1.54) is 11.8 Å². The number of carbonyl (C=O) groups is 1. The lowest BCUT2D eigenvalue weighted by Gasteiger charge is -2.41. The van der Waals surface area contributed by atoms with Crippen molar-refractivity contribution in [1.29, 1.82) is 0 Å². The highest BCUT2D eigenvalue weighted by molar-refractivity contribution is 8.01. The predicted octanol–water partition coefficient (Wildman–Crippen LogP) is 3.25. The van der Waals surface area contributed by atoms with Gasteiger partial charge in [-0.2, -0.15) is 0 Å². The maximum atomic E-state index is 13.5. The quantitative estimate of drug-likeness (QED) is 0.483. The van der Waals surface area contributed by atoms with Crippen LogP contribution in [0.5, 0.6) is 0 Å². The van der Waals surface area contributed by atoms with Gasteiger partial charge in [-0.05, 0) is 30.7 Å². The van der Waals surface area contributed by atoms with Crippen LogP contribution in [-0.4, -0.2) is 52.9 Å². The predicted molar refractivity (Wildman–Crippen MR) is 110 cm³/mol. The largest absolute Gasteiger partial charge is 0.371 e. The Bertz CT molecular complexity index is 537. The van der Waals surface area contributed by atoms with Crippen molar-refractivity contribution in [3.05, 3.63) is 30.3 Å². The molecular formula is C20H33N3O2S. The number of benzene rings is 1. The zero-order chi connectivity index (χ0) is 18.8. The third-order valence-corrected chi connectivity index (χ3v) is 5.93. The number of anilines is 1. The number of rotatable bonds is 10. The minimum atomic E-state index is -1.37. The number of amides is 1. The van der Waals surface area contributed by atoms with Crippen LogP contribution in [0.15, 0.2) is 30.3 Å². The van der Waals surface area contributed by atoms with Crippen molar-refractivity contribution in [2.75, 3.05) is 36.9 Å². The topological polar surface area (TPSA) is 55.8 Å². The molecule has 0 radical (unpaired) electrons. The molecule has 1 saturated heterocycles. The molecule has 1 aromatic carbocycles. The molecule has 0 aliphatic carbocycles. The molecule has 1 fully saturated rings. The number of hydrogen-bond donors (Lipinski definition) is 2. The number of thioether (sulfide) groups is 1. The fraction of sp³-hybridized carbons (Fsp3) is 0.650. The fourth-order valence-electron chi connectivity index (χ4n) is 3.17. The highest BCUT2D eigenvalue weighted by Crippen LogP contribution is 2.33. The van der Waals surface area contributed by atoms with Crippen LogP contribution in [0.3, 0.4) is 0 Å². The van der Waals surface area contributed by atoms with E-state index in [4.69, 9.17) is 0 Å². The second-order valence-electron chi connectivity index (χ2n) is 6.75. The summed E-state index contributed by atoms with van der Waals surface area (Å²) in [4.78, 5) is 12.1. The Morgan fingerprint density at radius 2 is 1.88 bits per heavy atom. The maximum Gasteiger partial charge on any atom is 0.284 e. The van der Waals surface area contributed by atoms with Gasteiger partial charge in [0, 0.05) is 26.2 Å². The lowest BCUT2D eigenvalue weighted by Crippen LogP contribution is -2.59. The van der Waals surface area contributed by atoms with Crippen molar-refractivity contribution >= 4 is 23.4 Å². The molecule has 0 spiro atoms. The first kappa shape index (κ1) is 21.2. The van der Waals surface area contributed by atoms with E-state index in [0.29, 0.717) is 6.42 Å². The van der Waals surface area contributed by atoms with E-state index >= 15 is 0 Å². The molecule has 0 bridgehead atoms. The van der Waals surface area contributed by atoms with Crippen molar-refractivity contribution in [1.82, 2.24) is 10.3 Å². The lowest BCUT2D eigenvalue weighted by molar-refractivity contribution is -0.133. The van der Waals surface area contributed by atoms with E-state index in [1.54, 1.807) is 5.01 Å². The summed E-state index contributed by atoms with van der Waals surface area (Å²) in [5.74, 6) is 0.592. The lowest BCUT2D eigenvalue weighted by atomic mass is 10.1. The zero-order valence-electron chi connectivity index (χ0n) is 16.1. The van der Waals surface area contributed by atoms with Crippen LogP contribution >= 0.6 is 11.8 Å². The Morgan fingerprint density at radius 3 is 2.50 bits per heavy atom. The Labute approximate surface area is 162 Å². The van der Waals surface area contributed by atoms with Crippen molar-refractivity contribution in [2.45, 2.75) is 50.9 Å². The number of nitrogens with zero attached hydrogens (tertiary/aromatic N) is 2. The van der Waals surface area contributed by atoms with Crippen LogP contribution in [0.2, 0.25) is 0 Å². The van der Waals surface area contributed by atoms with Gasteiger partial charge in [-0.25, -0.2) is 10.0 Å². The minimum absolute atomic E-state index is 0.214. The molecule has 1 aliphatic rings. The van der Waals surface area contributed by atoms with Gasteiger partial charge in [-0.15, -0.1) is 11.8 Å². The molecule has 26 heavy (non-hydrogen) atoms. The van der Waals surface area contributed by atoms with Gasteiger partial charge in [0.1, 0.15) is 0 Å². The van der Waals surface area contributed by atoms with Crippen molar-refractivity contribution in [3.63, 3.8) is 0 Å². The SMILES string of the molecule is CCCCCSC(O)(CCC)C(=O)N(c1ccccc1)N1CCNCC1. The molecule has 5 nitrogen and oxygen atoms in total. The highest BCUT2D eigenvalue weighted by Gasteiger charge is 2.41. The van der Waals surface area contributed by atoms with Gasteiger partial charge in [0.25, 0.3) is 5.91 Å². The third-order valence-electron chi connectivity index (χ3n) is 4.58. The first-order chi connectivity index (χ1) is 12.6. The van der Waals surface area contributed by atoms with Crippen LogP contribution in [0, 0.1) is 0 Å². The fourth-order valence-corrected chi connectivity index (χ4v) is 4.41. The van der Waals surface area contributed by atoms with Crippen LogP contribution in [-0.2, 0) is 4.79 Å². The van der Waals surface area contributed by atoms with Gasteiger partial charge in [-0.3, -0.25) is 4.79 Å². The Balaban J connectivity index is 2.23. The number of hydrazine groups is 1. The average molecular weight is 380 g/mol. The monoisotopic (exact) mass is 379 g/mol. The average Bonchev–Trinajstić information content (AvgIpc) is 2.67. The van der Waals surface area contributed by atoms with Gasteiger partial charge in [-0.1, -0.05) is 51.3 Å². The summed E-state index contributed by atoms with van der Waals surface area (Å²) in [7, 11) is 0. The third kappa shape index (κ3) is 5.71. The molecule has 0 aromatic heterocycles. The number of nitrogens with one attached hydrogen (secondary N) is 1. The van der Waals surface area contributed by atoms with Gasteiger partial charge < -0.3 is 10.4 Å². The Kier molecular flexibility index (Phi) is 8.91. The van der Waals surface area contributed by atoms with Crippen LogP contribution in [0.4, 0.5) is 5.69 Å². The molecule has 146 valence electrons. The molecular weight excluding hydrogens is 346 g/mol. The Morgan fingerprint density at radius 1 is 1.19 bits per heavy atom. The van der Waals surface area contributed by atoms with Gasteiger partial charge in [0.05, 0.1) is 5.69 Å². The molecule has 0 saturated carbocycles. The summed E-state index contributed by atoms with van der Waals surface area (Å²) < 4.78 is 0. The standard InChI is InChI=1S/C20H33N3O2S/c1-3-5-9-17-26-20(25,12-4-2)19(24)23(18-10-7-6-8-11-18)22-15-13-21-14-16-22/h6-8,10-11,21,25H,3-5,9,12-17H2,1-2H3. The Hall–Kier alpha value is -1.08. The van der Waals surface area contributed by atoms with Crippen LogP contribution in [0.25, 0.3) is 0 Å². The first-order valence-electron chi connectivity index (χ1n) is 9.84. The maximum absolute atomic E-state index is 13.5. The molecule has 1 aliphatic heterocycles. The van der Waals surface area contributed by atoms with Crippen molar-refractivity contribution < 1.29 is 9.90 Å². The van der Waals surface area contributed by atoms with E-state index in [0.717, 1.165) is 63.3 Å². The second-order valence-corrected chi connectivity index (χ2v) is 8.12. The first-order valence-corrected chi connectivity index (χ1v) is 10.8. The van der Waals surface area contributed by atoms with Gasteiger partial charge >= 0.3 is 0 Å². The number of unbranched alkanes of at least 4 members (excludes halogenated alkanes) is 2. The van der Waals surface area contributed by atoms with E-state index < -0.39 is 4.93 Å². The van der Waals surface area contributed by atoms with E-state index in [9.17, 15) is 9.90 Å². The molecule has 2 rings (SSSR count). The number of para-hydroxylation sites is 1. The summed E-state index contributed by atoms with van der Waals surface area (Å²) in [6.45, 7) is 7.36. The van der Waals surface area contributed by atoms with Crippen LogP contribution in [0.1, 0.15) is 46.0 Å². The van der Waals surface area contributed by atoms with E-state index in [-0.39, 0.29) is 5.91 Å². The van der Waals surface area contributed by atoms with Crippen LogP contribution < -0.4 is 10.3 Å². The number of aliphatic hydroxyl groups is 1. The molecule has 2 N–H and O–H groups in total. The molecule has 1 amide bonds. The number of carbonyl (C=O) groups excluding carboxylic acids is 1. The summed E-state index contributed by atoms with van der Waals surface area (Å²) in [6.07, 6.45) is 4.53. The summed E-state index contributed by atoms with van der Waals surface area (Å²) in [6, 6.07) is 9.69. The molecule has 1 unspecified atom stereocenters. The minimum Gasteiger partial charge on any atom is -0.371 e. The van der Waals surface area contributed by atoms with Gasteiger partial charge in [0.15, 0.2) is 4.93 Å². The van der Waals surface area contributed by atoms with E-state index in [1.807, 2.05) is 37.3 Å². The summed E-state index contributed by atoms with van der Waals surface area (Å²) in [5.41, 5.74) is 0.822. The van der Waals surface area contributed by atoms with Crippen molar-refractivity contribution in [3.8, 4) is 0 Å². The zero-order valence-corrected chi connectivity index (χ0v) is 16.9. The normalized spacial score (nSPS) is 17.7. The molecule has 6 heteroatoms. The smallest absolute Gasteiger partial charge is 0.284 e. The molecule has 1 aromatic rings. The second kappa shape index (κ2) is 10.9. The summed E-state index contributed by atoms with van der Waals surface area (Å²) in [5, 5.41) is 18.4. The highest BCUT2D eigenvalue weighted by atomic mass is 32.2. The molecule has 1 heterocycles. The van der Waals surface area contributed by atoms with E-state index in [2.05, 4.69) is 17.2 Å². The van der Waals surface area contributed by atoms with Crippen molar-refractivity contribution in [2.24, 2.45) is 0 Å². The number of piperazine rings is 1. The van der Waals surface area contributed by atoms with Gasteiger partial charge in [0.2, 0.25) is 0 Å². The number of hydrogen-bond acceptors (Lipinski definition) is 5.